The minimum Gasteiger partial charge on any atom is -0.228 e. The number of hydrogen-bond donors (Lipinski definition) is 0. The summed E-state index contributed by atoms with van der Waals surface area (Å²) in [5.41, 5.74) is 14.8. The van der Waals surface area contributed by atoms with Crippen molar-refractivity contribution in [2.24, 2.45) is 0 Å². The molecule has 0 atom stereocenters. The summed E-state index contributed by atoms with van der Waals surface area (Å²) in [7, 11) is 0. The van der Waals surface area contributed by atoms with Crippen LogP contribution in [0.1, 0.15) is 25.0 Å². The summed E-state index contributed by atoms with van der Waals surface area (Å²) in [6, 6.07) is 74.4. The lowest BCUT2D eigenvalue weighted by atomic mass is 9.82. The SMILES string of the molecule is CC1(C)c2ccccc2-c2ccc(-c3nc(-c4ccccc4)cc(-c4cccc(-c5cccc(-c6nc(-c7cccc8ccccc78)nc(-c7cccc8ccccc78)n6)c5)c4)n3)cc21. The van der Waals surface area contributed by atoms with Crippen molar-refractivity contribution in [2.45, 2.75) is 19.3 Å². The highest BCUT2D eigenvalue weighted by Gasteiger charge is 2.35. The molecule has 0 saturated carbocycles. The molecule has 12 rings (SSSR count). The van der Waals surface area contributed by atoms with E-state index < -0.39 is 0 Å². The van der Waals surface area contributed by atoms with E-state index in [4.69, 9.17) is 24.9 Å². The maximum absolute atomic E-state index is 5.30. The van der Waals surface area contributed by atoms with E-state index in [2.05, 4.69) is 220 Å². The predicted molar refractivity (Wildman–Crippen MR) is 266 cm³/mol. The Labute approximate surface area is 377 Å². The van der Waals surface area contributed by atoms with Crippen LogP contribution >= 0.6 is 0 Å². The Morgan fingerprint density at radius 3 is 1.42 bits per heavy atom. The normalized spacial score (nSPS) is 12.6. The average molecular weight is 832 g/mol. The van der Waals surface area contributed by atoms with E-state index in [1.54, 1.807) is 0 Å². The van der Waals surface area contributed by atoms with Crippen LogP contribution in [0.3, 0.4) is 0 Å². The van der Waals surface area contributed by atoms with Crippen LogP contribution < -0.4 is 0 Å². The highest BCUT2D eigenvalue weighted by Crippen LogP contribution is 2.49. The molecule has 5 heteroatoms. The molecule has 0 radical (unpaired) electrons. The van der Waals surface area contributed by atoms with Gasteiger partial charge in [0.2, 0.25) is 0 Å². The summed E-state index contributed by atoms with van der Waals surface area (Å²) in [4.78, 5) is 26.1. The van der Waals surface area contributed by atoms with Crippen LogP contribution in [-0.2, 0) is 5.41 Å². The zero-order chi connectivity index (χ0) is 43.5. The summed E-state index contributed by atoms with van der Waals surface area (Å²) < 4.78 is 0. The molecular weight excluding hydrogens is 791 g/mol. The second-order valence-electron chi connectivity index (χ2n) is 17.3. The van der Waals surface area contributed by atoms with Gasteiger partial charge < -0.3 is 0 Å². The molecule has 306 valence electrons. The highest BCUT2D eigenvalue weighted by molar-refractivity contribution is 5.97. The van der Waals surface area contributed by atoms with Gasteiger partial charge >= 0.3 is 0 Å². The largest absolute Gasteiger partial charge is 0.228 e. The van der Waals surface area contributed by atoms with E-state index in [1.807, 2.05) is 6.07 Å². The van der Waals surface area contributed by atoms with Crippen molar-refractivity contribution >= 4 is 21.5 Å². The molecule has 9 aromatic carbocycles. The molecule has 0 amide bonds. The quantitative estimate of drug-likeness (QED) is 0.160. The molecule has 11 aromatic rings. The van der Waals surface area contributed by atoms with Crippen molar-refractivity contribution in [1.82, 2.24) is 24.9 Å². The first-order valence-electron chi connectivity index (χ1n) is 22.1. The zero-order valence-electron chi connectivity index (χ0n) is 35.9. The second kappa shape index (κ2) is 15.4. The van der Waals surface area contributed by atoms with Gasteiger partial charge in [-0.05, 0) is 79.2 Å². The predicted octanol–water partition coefficient (Wildman–Crippen LogP) is 14.9. The molecule has 0 unspecified atom stereocenters. The Balaban J connectivity index is 0.966. The third kappa shape index (κ3) is 6.77. The number of aromatic nitrogens is 5. The molecule has 0 saturated heterocycles. The van der Waals surface area contributed by atoms with E-state index >= 15 is 0 Å². The minimum absolute atomic E-state index is 0.138. The van der Waals surface area contributed by atoms with Gasteiger partial charge in [0.05, 0.1) is 11.4 Å². The summed E-state index contributed by atoms with van der Waals surface area (Å²) in [5.74, 6) is 2.57. The van der Waals surface area contributed by atoms with Gasteiger partial charge in [0.1, 0.15) is 0 Å². The van der Waals surface area contributed by atoms with Gasteiger partial charge in [-0.25, -0.2) is 24.9 Å². The minimum atomic E-state index is -0.138. The van der Waals surface area contributed by atoms with Crippen molar-refractivity contribution < 1.29 is 0 Å². The fraction of sp³-hybridized carbons (Fsp3) is 0.0500. The molecule has 2 aromatic heterocycles. The van der Waals surface area contributed by atoms with Crippen LogP contribution in [0.5, 0.6) is 0 Å². The molecular formula is C60H41N5. The van der Waals surface area contributed by atoms with E-state index in [9.17, 15) is 0 Å². The lowest BCUT2D eigenvalue weighted by Gasteiger charge is -2.21. The molecule has 0 aliphatic heterocycles. The van der Waals surface area contributed by atoms with Crippen LogP contribution in [0, 0.1) is 0 Å². The van der Waals surface area contributed by atoms with Crippen molar-refractivity contribution in [3.63, 3.8) is 0 Å². The van der Waals surface area contributed by atoms with E-state index in [-0.39, 0.29) is 5.41 Å². The third-order valence-electron chi connectivity index (χ3n) is 12.9. The van der Waals surface area contributed by atoms with Crippen LogP contribution in [-0.4, -0.2) is 24.9 Å². The molecule has 2 heterocycles. The van der Waals surface area contributed by atoms with Crippen LogP contribution in [0.2, 0.25) is 0 Å². The second-order valence-corrected chi connectivity index (χ2v) is 17.3. The molecule has 0 bridgehead atoms. The van der Waals surface area contributed by atoms with Gasteiger partial charge in [-0.2, -0.15) is 0 Å². The molecule has 0 fully saturated rings. The number of hydrogen-bond acceptors (Lipinski definition) is 5. The number of fused-ring (bicyclic) bond motifs is 5. The van der Waals surface area contributed by atoms with Gasteiger partial charge in [0, 0.05) is 38.8 Å². The van der Waals surface area contributed by atoms with Crippen molar-refractivity contribution in [3.8, 4) is 90.3 Å². The molecule has 0 N–H and O–H groups in total. The van der Waals surface area contributed by atoms with Crippen LogP contribution in [0.25, 0.3) is 112 Å². The van der Waals surface area contributed by atoms with Gasteiger partial charge in [0.15, 0.2) is 23.3 Å². The Bertz CT molecular complexity index is 3540. The Hall–Kier alpha value is -8.41. The fourth-order valence-electron chi connectivity index (χ4n) is 9.61. The van der Waals surface area contributed by atoms with Crippen molar-refractivity contribution in [1.29, 1.82) is 0 Å². The van der Waals surface area contributed by atoms with E-state index in [0.717, 1.165) is 77.4 Å². The Morgan fingerprint density at radius 2 is 0.723 bits per heavy atom. The first-order valence-corrected chi connectivity index (χ1v) is 22.1. The molecule has 65 heavy (non-hydrogen) atoms. The summed E-state index contributed by atoms with van der Waals surface area (Å²) in [6.07, 6.45) is 0. The van der Waals surface area contributed by atoms with Crippen molar-refractivity contribution in [2.75, 3.05) is 0 Å². The molecule has 1 aliphatic rings. The summed E-state index contributed by atoms with van der Waals surface area (Å²) in [5, 5.41) is 4.45. The molecule has 1 aliphatic carbocycles. The first-order chi connectivity index (χ1) is 31.9. The topological polar surface area (TPSA) is 64.5 Å². The Kier molecular flexibility index (Phi) is 9.09. The van der Waals surface area contributed by atoms with Crippen LogP contribution in [0.15, 0.2) is 212 Å². The average Bonchev–Trinajstić information content (AvgIpc) is 3.61. The van der Waals surface area contributed by atoms with Crippen molar-refractivity contribution in [3.05, 3.63) is 223 Å². The zero-order valence-corrected chi connectivity index (χ0v) is 35.9. The number of nitrogens with zero attached hydrogens (tertiary/aromatic N) is 5. The van der Waals surface area contributed by atoms with Gasteiger partial charge in [-0.3, -0.25) is 0 Å². The number of benzene rings is 9. The fourth-order valence-corrected chi connectivity index (χ4v) is 9.61. The maximum atomic E-state index is 5.30. The standard InChI is InChI=1S/C60H41N5/c1-60(2)52-31-11-10-28-48(52)49-33-32-45(36-53(49)60)56-61-54(40-18-4-3-5-19-40)37-55(62-56)43-24-12-22-41(34-43)42-23-13-25-44(35-42)57-63-58(50-29-14-20-38-16-6-8-26-46(38)50)65-59(64-57)51-30-15-21-39-17-7-9-27-47(39)51/h3-37H,1-2H3. The Morgan fingerprint density at radius 1 is 0.277 bits per heavy atom. The lowest BCUT2D eigenvalue weighted by molar-refractivity contribution is 0.660. The lowest BCUT2D eigenvalue weighted by Crippen LogP contribution is -2.15. The van der Waals surface area contributed by atoms with Gasteiger partial charge in [0.25, 0.3) is 0 Å². The first kappa shape index (κ1) is 38.3. The van der Waals surface area contributed by atoms with E-state index in [1.165, 1.54) is 22.3 Å². The van der Waals surface area contributed by atoms with Crippen LogP contribution in [0.4, 0.5) is 0 Å². The highest BCUT2D eigenvalue weighted by atomic mass is 15.0. The van der Waals surface area contributed by atoms with Gasteiger partial charge in [-0.1, -0.05) is 202 Å². The van der Waals surface area contributed by atoms with Gasteiger partial charge in [-0.15, -0.1) is 0 Å². The smallest absolute Gasteiger partial charge is 0.164 e. The van der Waals surface area contributed by atoms with E-state index in [0.29, 0.717) is 23.3 Å². The number of rotatable bonds is 7. The maximum Gasteiger partial charge on any atom is 0.164 e. The molecule has 5 nitrogen and oxygen atoms in total. The third-order valence-corrected chi connectivity index (χ3v) is 12.9. The molecule has 0 spiro atoms. The monoisotopic (exact) mass is 831 g/mol. The summed E-state index contributed by atoms with van der Waals surface area (Å²) in [6.45, 7) is 4.62. The summed E-state index contributed by atoms with van der Waals surface area (Å²) >= 11 is 0.